The molecule has 18 heteroatoms. The number of amides is 2. The van der Waals surface area contributed by atoms with Crippen LogP contribution in [0.1, 0.15) is 13.8 Å². The summed E-state index contributed by atoms with van der Waals surface area (Å²) < 4.78 is 27.7. The monoisotopic (exact) mass is 586 g/mol. The summed E-state index contributed by atoms with van der Waals surface area (Å²) in [4.78, 5) is 23.9. The van der Waals surface area contributed by atoms with Crippen LogP contribution in [0.25, 0.3) is 0 Å². The van der Waals surface area contributed by atoms with Crippen molar-refractivity contribution >= 4 is 11.8 Å². The highest BCUT2D eigenvalue weighted by atomic mass is 16.7. The van der Waals surface area contributed by atoms with Crippen molar-refractivity contribution in [2.24, 2.45) is 0 Å². The lowest BCUT2D eigenvalue weighted by Gasteiger charge is -2.49. The van der Waals surface area contributed by atoms with Gasteiger partial charge in [0.1, 0.15) is 73.1 Å². The molecule has 15 atom stereocenters. The van der Waals surface area contributed by atoms with E-state index in [0.29, 0.717) is 0 Å². The van der Waals surface area contributed by atoms with E-state index in [1.54, 1.807) is 0 Å². The van der Waals surface area contributed by atoms with Gasteiger partial charge in [-0.05, 0) is 0 Å². The lowest BCUT2D eigenvalue weighted by Crippen LogP contribution is -2.70. The number of aliphatic hydroxyl groups excluding tert-OH is 9. The zero-order valence-electron chi connectivity index (χ0n) is 21.7. The number of hydrogen-bond donors (Lipinski definition) is 11. The van der Waals surface area contributed by atoms with Crippen LogP contribution in [-0.2, 0) is 33.3 Å². The van der Waals surface area contributed by atoms with E-state index >= 15 is 0 Å². The zero-order chi connectivity index (χ0) is 29.9. The first-order valence-electron chi connectivity index (χ1n) is 12.6. The number of rotatable bonds is 9. The second kappa shape index (κ2) is 14.0. The largest absolute Gasteiger partial charge is 0.394 e. The first kappa shape index (κ1) is 32.9. The summed E-state index contributed by atoms with van der Waals surface area (Å²) in [5.74, 6) is -1.34. The molecule has 0 aliphatic carbocycles. The Kier molecular flexibility index (Phi) is 11.5. The van der Waals surface area contributed by atoms with E-state index in [0.717, 1.165) is 13.8 Å². The van der Waals surface area contributed by atoms with Gasteiger partial charge in [-0.15, -0.1) is 0 Å². The maximum absolute atomic E-state index is 12.1. The van der Waals surface area contributed by atoms with E-state index in [9.17, 15) is 55.5 Å². The van der Waals surface area contributed by atoms with Crippen LogP contribution in [0.5, 0.6) is 0 Å². The second-order valence-corrected chi connectivity index (χ2v) is 9.81. The Morgan fingerprint density at radius 3 is 1.55 bits per heavy atom. The average Bonchev–Trinajstić information content (AvgIpc) is 2.90. The molecule has 0 bridgehead atoms. The number of ether oxygens (including phenoxy) is 5. The normalized spacial score (nSPS) is 46.0. The van der Waals surface area contributed by atoms with Gasteiger partial charge in [-0.1, -0.05) is 0 Å². The highest BCUT2D eigenvalue weighted by Crippen LogP contribution is 2.32. The van der Waals surface area contributed by atoms with Crippen molar-refractivity contribution in [2.75, 3.05) is 19.8 Å². The predicted molar refractivity (Wildman–Crippen MR) is 124 cm³/mol. The minimum atomic E-state index is -1.89. The van der Waals surface area contributed by atoms with Crippen molar-refractivity contribution in [3.63, 3.8) is 0 Å². The predicted octanol–water partition coefficient (Wildman–Crippen LogP) is -7.29. The Morgan fingerprint density at radius 1 is 0.600 bits per heavy atom. The van der Waals surface area contributed by atoms with Gasteiger partial charge in [0.25, 0.3) is 0 Å². The van der Waals surface area contributed by atoms with Crippen LogP contribution in [0.15, 0.2) is 0 Å². The van der Waals surface area contributed by atoms with Gasteiger partial charge >= 0.3 is 0 Å². The third-order valence-corrected chi connectivity index (χ3v) is 6.90. The Labute approximate surface area is 228 Å². The van der Waals surface area contributed by atoms with E-state index in [2.05, 4.69) is 10.6 Å². The smallest absolute Gasteiger partial charge is 0.217 e. The summed E-state index contributed by atoms with van der Waals surface area (Å²) in [5.41, 5.74) is 0. The second-order valence-electron chi connectivity index (χ2n) is 9.81. The summed E-state index contributed by atoms with van der Waals surface area (Å²) in [5, 5.41) is 96.5. The molecule has 0 aromatic rings. The maximum atomic E-state index is 12.1. The molecule has 3 saturated heterocycles. The minimum Gasteiger partial charge on any atom is -0.394 e. The third kappa shape index (κ3) is 7.05. The Bertz CT molecular complexity index is 852. The third-order valence-electron chi connectivity index (χ3n) is 6.90. The number of carbonyl (C=O) groups excluding carboxylic acids is 2. The molecular weight excluding hydrogens is 548 g/mol. The van der Waals surface area contributed by atoms with Gasteiger partial charge < -0.3 is 80.3 Å². The quantitative estimate of drug-likeness (QED) is 0.120. The molecule has 11 N–H and O–H groups in total. The van der Waals surface area contributed by atoms with Crippen molar-refractivity contribution in [1.82, 2.24) is 10.6 Å². The van der Waals surface area contributed by atoms with Gasteiger partial charge in [0.2, 0.25) is 11.8 Å². The van der Waals surface area contributed by atoms with Gasteiger partial charge in [0.15, 0.2) is 18.9 Å². The topological polar surface area (TPSA) is 286 Å². The summed E-state index contributed by atoms with van der Waals surface area (Å²) in [6, 6.07) is -2.90. The van der Waals surface area contributed by atoms with E-state index in [-0.39, 0.29) is 0 Å². The molecule has 0 saturated carbocycles. The molecule has 2 amide bonds. The van der Waals surface area contributed by atoms with Gasteiger partial charge in [-0.2, -0.15) is 0 Å². The Balaban J connectivity index is 1.95. The Morgan fingerprint density at radius 2 is 1.02 bits per heavy atom. The first-order chi connectivity index (χ1) is 18.8. The molecule has 3 aliphatic heterocycles. The molecule has 3 aliphatic rings. The molecule has 1 unspecified atom stereocenters. The van der Waals surface area contributed by atoms with Crippen molar-refractivity contribution in [2.45, 2.75) is 106 Å². The van der Waals surface area contributed by atoms with Crippen molar-refractivity contribution in [3.8, 4) is 0 Å². The molecule has 3 rings (SSSR count). The molecule has 232 valence electrons. The number of hydrogen-bond acceptors (Lipinski definition) is 16. The number of aliphatic hydroxyl groups is 9. The molecule has 0 radical (unpaired) electrons. The van der Waals surface area contributed by atoms with Gasteiger partial charge in [-0.25, -0.2) is 0 Å². The minimum absolute atomic E-state index is 0.647. The number of nitrogens with one attached hydrogen (secondary N) is 2. The molecule has 0 aromatic heterocycles. The van der Waals surface area contributed by atoms with E-state index in [4.69, 9.17) is 23.7 Å². The van der Waals surface area contributed by atoms with Crippen LogP contribution >= 0.6 is 0 Å². The van der Waals surface area contributed by atoms with E-state index < -0.39 is 124 Å². The molecule has 3 heterocycles. The molecule has 0 spiro atoms. The fraction of sp³-hybridized carbons (Fsp3) is 0.909. The first-order valence-corrected chi connectivity index (χ1v) is 12.6. The molecular formula is C22H38N2O16. The fourth-order valence-corrected chi connectivity index (χ4v) is 4.86. The SMILES string of the molecule is CC(=O)N[C@H]1[C@H](O[C@H]2[C@@H](O)[C@@H](CO)OC(O)[C@@H]2NC(C)=O)O[C@H](CO)[C@@H](O)[C@@H]1O[C@@H]1O[C@H](CO)[C@H](O)[C@H](O)[C@H]1O. The van der Waals surface area contributed by atoms with Crippen molar-refractivity contribution in [3.05, 3.63) is 0 Å². The Hall–Kier alpha value is -1.62. The van der Waals surface area contributed by atoms with Crippen molar-refractivity contribution < 1.29 is 79.2 Å². The van der Waals surface area contributed by atoms with Crippen LogP contribution in [0, 0.1) is 0 Å². The van der Waals surface area contributed by atoms with E-state index in [1.807, 2.05) is 0 Å². The van der Waals surface area contributed by atoms with Crippen LogP contribution in [0.4, 0.5) is 0 Å². The number of carbonyl (C=O) groups is 2. The fourth-order valence-electron chi connectivity index (χ4n) is 4.86. The maximum Gasteiger partial charge on any atom is 0.217 e. The lowest BCUT2D eigenvalue weighted by atomic mass is 9.94. The highest BCUT2D eigenvalue weighted by Gasteiger charge is 2.54. The molecule has 3 fully saturated rings. The summed E-state index contributed by atoms with van der Waals surface area (Å²) in [7, 11) is 0. The standard InChI is InChI=1S/C22H38N2O16/c1-6(28)23-11-18(14(31)9(4-26)36-20(11)35)39-21-12(24-7(2)29)19(15(32)10(5-27)37-21)40-22-17(34)16(33)13(30)8(3-25)38-22/h8-22,25-27,30-35H,3-5H2,1-2H3,(H,23,28)(H,24,29)/t8-,9-,10-,11-,12-,13+,14+,15-,16+,17-,18-,19-,20?,21+,22+/m1/s1. The van der Waals surface area contributed by atoms with Crippen LogP contribution < -0.4 is 10.6 Å². The van der Waals surface area contributed by atoms with Crippen molar-refractivity contribution in [1.29, 1.82) is 0 Å². The van der Waals surface area contributed by atoms with Crippen LogP contribution in [-0.4, -0.2) is 170 Å². The van der Waals surface area contributed by atoms with Gasteiger partial charge in [-0.3, -0.25) is 9.59 Å². The molecule has 40 heavy (non-hydrogen) atoms. The molecule has 0 aromatic carbocycles. The summed E-state index contributed by atoms with van der Waals surface area (Å²) >= 11 is 0. The summed E-state index contributed by atoms with van der Waals surface area (Å²) in [6.45, 7) is -0.140. The molecule has 18 nitrogen and oxygen atoms in total. The summed E-state index contributed by atoms with van der Waals surface area (Å²) in [6.07, 6.45) is -21.4. The average molecular weight is 587 g/mol. The zero-order valence-corrected chi connectivity index (χ0v) is 21.7. The van der Waals surface area contributed by atoms with Gasteiger partial charge in [0.05, 0.1) is 19.8 Å². The van der Waals surface area contributed by atoms with Gasteiger partial charge in [0, 0.05) is 13.8 Å². The van der Waals surface area contributed by atoms with Crippen LogP contribution in [0.2, 0.25) is 0 Å². The van der Waals surface area contributed by atoms with E-state index in [1.165, 1.54) is 0 Å². The lowest BCUT2D eigenvalue weighted by molar-refractivity contribution is -0.356. The highest BCUT2D eigenvalue weighted by molar-refractivity contribution is 5.73. The van der Waals surface area contributed by atoms with Crippen LogP contribution in [0.3, 0.4) is 0 Å².